The van der Waals surface area contributed by atoms with Crippen LogP contribution >= 0.6 is 0 Å². The van der Waals surface area contributed by atoms with Gasteiger partial charge in [0.1, 0.15) is 0 Å². The van der Waals surface area contributed by atoms with Gasteiger partial charge in [0.2, 0.25) is 0 Å². The lowest BCUT2D eigenvalue weighted by Crippen LogP contribution is -2.45. The molecular weight excluding hydrogens is 114 g/mol. The van der Waals surface area contributed by atoms with Gasteiger partial charge in [0.15, 0.2) is 0 Å². The minimum Gasteiger partial charge on any atom is -0.264 e. The highest BCUT2D eigenvalue weighted by Crippen LogP contribution is 1.99. The highest BCUT2D eigenvalue weighted by Gasteiger charge is 2.18. The van der Waals surface area contributed by atoms with Crippen molar-refractivity contribution in [3.05, 3.63) is 0 Å². The van der Waals surface area contributed by atoms with E-state index in [4.69, 9.17) is 0 Å². The average Bonchev–Trinajstić information content (AvgIpc) is 1.95. The molecule has 1 amide bonds. The molecule has 0 saturated heterocycles. The van der Waals surface area contributed by atoms with Crippen molar-refractivity contribution in [2.75, 3.05) is 19.6 Å². The predicted octanol–water partition coefficient (Wildman–Crippen LogP) is 1.02. The topological polar surface area (TPSA) is 17.1 Å². The van der Waals surface area contributed by atoms with Gasteiger partial charge < -0.3 is 0 Å². The summed E-state index contributed by atoms with van der Waals surface area (Å²) in [7, 11) is 0. The number of carbonyl (C=O) groups is 1. The van der Waals surface area contributed by atoms with Crippen molar-refractivity contribution in [2.45, 2.75) is 20.8 Å². The molecule has 0 saturated carbocycles. The van der Waals surface area contributed by atoms with Crippen LogP contribution in [0.4, 0.5) is 0 Å². The molecular formula is C7H16NO+. The van der Waals surface area contributed by atoms with Crippen molar-refractivity contribution in [1.29, 1.82) is 0 Å². The molecule has 0 atom stereocenters. The van der Waals surface area contributed by atoms with E-state index in [1.54, 1.807) is 0 Å². The number of hydrogen-bond acceptors (Lipinski definition) is 1. The second-order valence-electron chi connectivity index (χ2n) is 2.27. The van der Waals surface area contributed by atoms with Gasteiger partial charge in [-0.05, 0) is 20.8 Å². The highest BCUT2D eigenvalue weighted by atomic mass is 16.1. The van der Waals surface area contributed by atoms with Crippen molar-refractivity contribution in [3.8, 4) is 0 Å². The largest absolute Gasteiger partial charge is 0.301 e. The number of nitrogens with zero attached hydrogens (tertiary/aromatic N) is 1. The average molecular weight is 130 g/mol. The third-order valence-corrected chi connectivity index (χ3v) is 2.11. The van der Waals surface area contributed by atoms with E-state index in [0.717, 1.165) is 26.0 Å². The molecule has 0 spiro atoms. The Labute approximate surface area is 57.1 Å². The Hall–Kier alpha value is -0.370. The minimum absolute atomic E-state index is 0.597. The number of rotatable bonds is 4. The number of carbonyl (C=O) groups excluding carboxylic acids is 1. The van der Waals surface area contributed by atoms with Crippen LogP contribution < -0.4 is 0 Å². The molecule has 2 nitrogen and oxygen atoms in total. The predicted molar refractivity (Wildman–Crippen MR) is 37.9 cm³/mol. The number of amides is 1. The van der Waals surface area contributed by atoms with Crippen molar-refractivity contribution in [1.82, 2.24) is 0 Å². The van der Waals surface area contributed by atoms with Crippen LogP contribution in [-0.4, -0.2) is 30.5 Å². The lowest BCUT2D eigenvalue weighted by atomic mass is 10.4. The zero-order valence-electron chi connectivity index (χ0n) is 6.55. The molecule has 0 aliphatic rings. The quantitative estimate of drug-likeness (QED) is 0.410. The third-order valence-electron chi connectivity index (χ3n) is 2.11. The van der Waals surface area contributed by atoms with Gasteiger partial charge in [0.05, 0.1) is 19.6 Å². The van der Waals surface area contributed by atoms with Gasteiger partial charge >= 0.3 is 6.41 Å². The first-order valence-corrected chi connectivity index (χ1v) is 3.56. The Balaban J connectivity index is 3.98. The summed E-state index contributed by atoms with van der Waals surface area (Å²) < 4.78 is 0.597. The Morgan fingerprint density at radius 2 is 1.44 bits per heavy atom. The zero-order chi connectivity index (χ0) is 7.33. The normalized spacial score (nSPS) is 11.4. The van der Waals surface area contributed by atoms with E-state index >= 15 is 0 Å². The van der Waals surface area contributed by atoms with Crippen LogP contribution in [0.15, 0.2) is 0 Å². The summed E-state index contributed by atoms with van der Waals surface area (Å²) in [5, 5.41) is 0. The first-order valence-electron chi connectivity index (χ1n) is 3.56. The van der Waals surface area contributed by atoms with Gasteiger partial charge in [-0.1, -0.05) is 0 Å². The van der Waals surface area contributed by atoms with Crippen molar-refractivity contribution < 1.29 is 9.28 Å². The molecule has 9 heavy (non-hydrogen) atoms. The summed E-state index contributed by atoms with van der Waals surface area (Å²) in [5.74, 6) is 0. The molecule has 0 rings (SSSR count). The van der Waals surface area contributed by atoms with E-state index in [1.807, 2.05) is 20.8 Å². The molecule has 0 aromatic heterocycles. The molecule has 2 heteroatoms. The van der Waals surface area contributed by atoms with Gasteiger partial charge in [-0.3, -0.25) is 4.48 Å². The fourth-order valence-corrected chi connectivity index (χ4v) is 0.894. The van der Waals surface area contributed by atoms with Gasteiger partial charge in [0, 0.05) is 0 Å². The molecule has 0 aliphatic heterocycles. The first kappa shape index (κ1) is 8.63. The zero-order valence-corrected chi connectivity index (χ0v) is 6.55. The maximum atomic E-state index is 10.5. The van der Waals surface area contributed by atoms with Crippen molar-refractivity contribution >= 4 is 6.41 Å². The minimum atomic E-state index is 0.597. The van der Waals surface area contributed by atoms with E-state index in [0.29, 0.717) is 4.48 Å². The van der Waals surface area contributed by atoms with Crippen LogP contribution in [0.5, 0.6) is 0 Å². The smallest absolute Gasteiger partial charge is 0.264 e. The van der Waals surface area contributed by atoms with Gasteiger partial charge in [-0.25, -0.2) is 4.79 Å². The van der Waals surface area contributed by atoms with Crippen molar-refractivity contribution in [3.63, 3.8) is 0 Å². The fourth-order valence-electron chi connectivity index (χ4n) is 0.894. The summed E-state index contributed by atoms with van der Waals surface area (Å²) in [6, 6.07) is 0. The third kappa shape index (κ3) is 1.79. The van der Waals surface area contributed by atoms with Crippen molar-refractivity contribution in [2.24, 2.45) is 0 Å². The van der Waals surface area contributed by atoms with Gasteiger partial charge in [0.25, 0.3) is 0 Å². The lowest BCUT2D eigenvalue weighted by Gasteiger charge is -2.27. The first-order chi connectivity index (χ1) is 4.24. The van der Waals surface area contributed by atoms with E-state index < -0.39 is 0 Å². The summed E-state index contributed by atoms with van der Waals surface area (Å²) in [6.45, 7) is 8.87. The summed E-state index contributed by atoms with van der Waals surface area (Å²) in [5.41, 5.74) is 0. The van der Waals surface area contributed by atoms with E-state index in [1.165, 1.54) is 0 Å². The Kier molecular flexibility index (Phi) is 3.47. The molecule has 0 aliphatic carbocycles. The molecule has 0 unspecified atom stereocenters. The highest BCUT2D eigenvalue weighted by molar-refractivity contribution is 5.37. The SMILES string of the molecule is CC[N+](C=O)(CC)CC. The Morgan fingerprint density at radius 1 is 1.11 bits per heavy atom. The molecule has 0 bridgehead atoms. The van der Waals surface area contributed by atoms with Gasteiger partial charge in [-0.15, -0.1) is 0 Å². The second kappa shape index (κ2) is 3.62. The molecule has 0 radical (unpaired) electrons. The number of hydrogen-bond donors (Lipinski definition) is 0. The summed E-state index contributed by atoms with van der Waals surface area (Å²) >= 11 is 0. The van der Waals surface area contributed by atoms with Crippen LogP contribution in [-0.2, 0) is 4.79 Å². The van der Waals surface area contributed by atoms with E-state index in [9.17, 15) is 4.79 Å². The molecule has 0 heterocycles. The monoisotopic (exact) mass is 130 g/mol. The summed E-state index contributed by atoms with van der Waals surface area (Å²) in [6.07, 6.45) is 1.04. The van der Waals surface area contributed by atoms with Crippen LogP contribution in [0, 0.1) is 0 Å². The van der Waals surface area contributed by atoms with Crippen LogP contribution in [0.2, 0.25) is 0 Å². The molecule has 0 fully saturated rings. The van der Waals surface area contributed by atoms with Crippen LogP contribution in [0.3, 0.4) is 0 Å². The summed E-state index contributed by atoms with van der Waals surface area (Å²) in [4.78, 5) is 10.5. The molecule has 0 aromatic rings. The van der Waals surface area contributed by atoms with E-state index in [2.05, 4.69) is 0 Å². The molecule has 0 N–H and O–H groups in total. The van der Waals surface area contributed by atoms with Crippen LogP contribution in [0.1, 0.15) is 20.8 Å². The lowest BCUT2D eigenvalue weighted by molar-refractivity contribution is -0.840. The standard InChI is InChI=1S/C7H16NO/c1-4-8(5-2,6-3)7-9/h7H,4-6H2,1-3H3/q+1. The second-order valence-corrected chi connectivity index (χ2v) is 2.27. The Morgan fingerprint density at radius 3 is 1.44 bits per heavy atom. The Bertz CT molecular complexity index is 78.7. The van der Waals surface area contributed by atoms with Gasteiger partial charge in [-0.2, -0.15) is 0 Å². The molecule has 0 aromatic carbocycles. The maximum Gasteiger partial charge on any atom is 0.301 e. The number of quaternary nitrogens is 1. The maximum absolute atomic E-state index is 10.5. The van der Waals surface area contributed by atoms with Crippen LogP contribution in [0.25, 0.3) is 0 Å². The fraction of sp³-hybridized carbons (Fsp3) is 0.857. The molecule has 54 valence electrons. The van der Waals surface area contributed by atoms with E-state index in [-0.39, 0.29) is 0 Å².